The molecule has 30 heavy (non-hydrogen) atoms. The lowest BCUT2D eigenvalue weighted by molar-refractivity contribution is -0.140. The van der Waals surface area contributed by atoms with E-state index in [4.69, 9.17) is 9.47 Å². The van der Waals surface area contributed by atoms with Crippen LogP contribution in [0.15, 0.2) is 42.5 Å². The van der Waals surface area contributed by atoms with Crippen LogP contribution in [0.3, 0.4) is 0 Å². The Kier molecular flexibility index (Phi) is 7.37. The van der Waals surface area contributed by atoms with E-state index >= 15 is 0 Å². The lowest BCUT2D eigenvalue weighted by atomic mass is 9.97. The molecule has 1 heterocycles. The van der Waals surface area contributed by atoms with Crippen molar-refractivity contribution in [1.29, 1.82) is 0 Å². The van der Waals surface area contributed by atoms with Gasteiger partial charge in [0.15, 0.2) is 0 Å². The molecule has 0 spiro atoms. The van der Waals surface area contributed by atoms with E-state index in [0.29, 0.717) is 6.54 Å². The maximum atomic E-state index is 12.6. The minimum atomic E-state index is -4.30. The molecule has 1 unspecified atom stereocenters. The second-order valence-corrected chi connectivity index (χ2v) is 7.49. The molecule has 1 aliphatic rings. The minimum Gasteiger partial charge on any atom is -0.490 e. The number of alkyl halides is 3. The molecule has 4 nitrogen and oxygen atoms in total. The van der Waals surface area contributed by atoms with E-state index in [0.717, 1.165) is 66.8 Å². The first kappa shape index (κ1) is 22.2. The van der Waals surface area contributed by atoms with Crippen molar-refractivity contribution in [2.24, 2.45) is 0 Å². The number of hydrogen-bond donors (Lipinski definition) is 1. The maximum Gasteiger partial charge on any atom is 0.416 e. The molecule has 0 aromatic heterocycles. The van der Waals surface area contributed by atoms with Crippen molar-refractivity contribution in [1.82, 2.24) is 5.32 Å². The highest BCUT2D eigenvalue weighted by molar-refractivity contribution is 5.72. The molecule has 0 saturated heterocycles. The Bertz CT molecular complexity index is 850. The SMILES string of the molecule is COC(=O)Cc1ccc2c(c1)OC(CCCNCc1ccc(C(F)(F)F)cc1)CC2. The molecule has 7 heteroatoms. The zero-order chi connectivity index (χ0) is 21.6. The van der Waals surface area contributed by atoms with Gasteiger partial charge in [-0.1, -0.05) is 24.3 Å². The Morgan fingerprint density at radius 2 is 1.90 bits per heavy atom. The fraction of sp³-hybridized carbons (Fsp3) is 0.435. The third-order valence-electron chi connectivity index (χ3n) is 5.23. The lowest BCUT2D eigenvalue weighted by Gasteiger charge is -2.26. The van der Waals surface area contributed by atoms with Crippen molar-refractivity contribution in [3.8, 4) is 5.75 Å². The van der Waals surface area contributed by atoms with E-state index in [1.165, 1.54) is 19.2 Å². The lowest BCUT2D eigenvalue weighted by Crippen LogP contribution is -2.24. The van der Waals surface area contributed by atoms with Gasteiger partial charge in [-0.15, -0.1) is 0 Å². The normalized spacial score (nSPS) is 15.9. The number of carbonyl (C=O) groups excluding carboxylic acids is 1. The first-order valence-corrected chi connectivity index (χ1v) is 10.1. The minimum absolute atomic E-state index is 0.124. The van der Waals surface area contributed by atoms with E-state index in [1.54, 1.807) is 0 Å². The van der Waals surface area contributed by atoms with E-state index in [-0.39, 0.29) is 18.5 Å². The Morgan fingerprint density at radius 3 is 2.60 bits per heavy atom. The number of aryl methyl sites for hydroxylation is 1. The summed E-state index contributed by atoms with van der Waals surface area (Å²) in [5, 5.41) is 3.27. The second kappa shape index (κ2) is 9.98. The first-order valence-electron chi connectivity index (χ1n) is 10.1. The molecule has 1 aliphatic heterocycles. The molecular formula is C23H26F3NO3. The van der Waals surface area contributed by atoms with Crippen molar-refractivity contribution in [2.75, 3.05) is 13.7 Å². The highest BCUT2D eigenvalue weighted by Gasteiger charge is 2.29. The molecule has 2 aromatic rings. The maximum absolute atomic E-state index is 12.6. The van der Waals surface area contributed by atoms with Crippen LogP contribution in [0.1, 0.15) is 41.5 Å². The number of carbonyl (C=O) groups is 1. The van der Waals surface area contributed by atoms with E-state index in [2.05, 4.69) is 5.32 Å². The molecule has 2 aromatic carbocycles. The van der Waals surface area contributed by atoms with Crippen molar-refractivity contribution in [3.63, 3.8) is 0 Å². The highest BCUT2D eigenvalue weighted by Crippen LogP contribution is 2.31. The van der Waals surface area contributed by atoms with Crippen LogP contribution in [0.5, 0.6) is 5.75 Å². The van der Waals surface area contributed by atoms with E-state index in [1.807, 2.05) is 18.2 Å². The van der Waals surface area contributed by atoms with Crippen LogP contribution < -0.4 is 10.1 Å². The Labute approximate surface area is 174 Å². The van der Waals surface area contributed by atoms with Crippen molar-refractivity contribution < 1.29 is 27.4 Å². The van der Waals surface area contributed by atoms with Crippen molar-refractivity contribution in [2.45, 2.75) is 50.9 Å². The summed E-state index contributed by atoms with van der Waals surface area (Å²) in [5.41, 5.74) is 2.22. The number of nitrogens with one attached hydrogen (secondary N) is 1. The number of benzene rings is 2. The summed E-state index contributed by atoms with van der Waals surface area (Å²) in [4.78, 5) is 11.5. The van der Waals surface area contributed by atoms with E-state index < -0.39 is 11.7 Å². The van der Waals surface area contributed by atoms with Crippen molar-refractivity contribution >= 4 is 5.97 Å². The number of methoxy groups -OCH3 is 1. The van der Waals surface area contributed by atoms with Crippen molar-refractivity contribution in [3.05, 3.63) is 64.7 Å². The molecule has 1 atom stereocenters. The van der Waals surface area contributed by atoms with Gasteiger partial charge in [0.05, 0.1) is 25.2 Å². The number of hydrogen-bond acceptors (Lipinski definition) is 4. The predicted octanol–water partition coefficient (Wildman–Crippen LogP) is 4.68. The number of halogens is 3. The molecule has 3 rings (SSSR count). The monoisotopic (exact) mass is 421 g/mol. The predicted molar refractivity (Wildman–Crippen MR) is 107 cm³/mol. The van der Waals surface area contributed by atoms with Gasteiger partial charge < -0.3 is 14.8 Å². The van der Waals surface area contributed by atoms with Crippen LogP contribution in [-0.4, -0.2) is 25.7 Å². The van der Waals surface area contributed by atoms with Gasteiger partial charge in [0.25, 0.3) is 0 Å². The standard InChI is InChI=1S/C23H26F3NO3/c1-29-22(28)14-17-4-7-18-8-11-20(30-21(18)13-17)3-2-12-27-15-16-5-9-19(10-6-16)23(24,25)26/h4-7,9-10,13,20,27H,2-3,8,11-12,14-15H2,1H3. The summed E-state index contributed by atoms with van der Waals surface area (Å²) in [7, 11) is 1.37. The summed E-state index contributed by atoms with van der Waals surface area (Å²) in [6, 6.07) is 11.1. The van der Waals surface area contributed by atoms with Crippen LogP contribution >= 0.6 is 0 Å². The summed E-state index contributed by atoms with van der Waals surface area (Å²) in [6.45, 7) is 1.29. The van der Waals surface area contributed by atoms with Gasteiger partial charge >= 0.3 is 12.1 Å². The van der Waals surface area contributed by atoms with Crippen LogP contribution in [0.2, 0.25) is 0 Å². The average Bonchev–Trinajstić information content (AvgIpc) is 2.73. The first-order chi connectivity index (χ1) is 14.3. The second-order valence-electron chi connectivity index (χ2n) is 7.49. The van der Waals surface area contributed by atoms with Gasteiger partial charge in [0.2, 0.25) is 0 Å². The van der Waals surface area contributed by atoms with Crippen LogP contribution in [0.4, 0.5) is 13.2 Å². The van der Waals surface area contributed by atoms with Gasteiger partial charge in [0.1, 0.15) is 5.75 Å². The highest BCUT2D eigenvalue weighted by atomic mass is 19.4. The Hall–Kier alpha value is -2.54. The zero-order valence-corrected chi connectivity index (χ0v) is 16.9. The largest absolute Gasteiger partial charge is 0.490 e. The molecular weight excluding hydrogens is 395 g/mol. The van der Waals surface area contributed by atoms with Crippen LogP contribution in [-0.2, 0) is 35.1 Å². The fourth-order valence-electron chi connectivity index (χ4n) is 3.52. The zero-order valence-electron chi connectivity index (χ0n) is 16.9. The molecule has 0 aliphatic carbocycles. The Morgan fingerprint density at radius 1 is 1.17 bits per heavy atom. The number of ether oxygens (including phenoxy) is 2. The fourth-order valence-corrected chi connectivity index (χ4v) is 3.52. The van der Waals surface area contributed by atoms with Crippen LogP contribution in [0, 0.1) is 0 Å². The van der Waals surface area contributed by atoms with Gasteiger partial charge in [-0.05, 0) is 67.1 Å². The third kappa shape index (κ3) is 6.23. The molecule has 0 fully saturated rings. The number of rotatable bonds is 8. The smallest absolute Gasteiger partial charge is 0.416 e. The summed E-state index contributed by atoms with van der Waals surface area (Å²) < 4.78 is 48.6. The topological polar surface area (TPSA) is 47.6 Å². The molecule has 0 amide bonds. The summed E-state index contributed by atoms with van der Waals surface area (Å²) in [6.07, 6.45) is -0.266. The molecule has 162 valence electrons. The molecule has 0 saturated carbocycles. The molecule has 1 N–H and O–H groups in total. The van der Waals surface area contributed by atoms with Gasteiger partial charge in [-0.3, -0.25) is 4.79 Å². The summed E-state index contributed by atoms with van der Waals surface area (Å²) >= 11 is 0. The Balaban J connectivity index is 1.40. The molecule has 0 radical (unpaired) electrons. The van der Waals surface area contributed by atoms with E-state index in [9.17, 15) is 18.0 Å². The molecule has 0 bridgehead atoms. The van der Waals surface area contributed by atoms with Gasteiger partial charge in [0, 0.05) is 6.54 Å². The number of fused-ring (bicyclic) bond motifs is 1. The number of esters is 1. The van der Waals surface area contributed by atoms with Gasteiger partial charge in [-0.2, -0.15) is 13.2 Å². The third-order valence-corrected chi connectivity index (χ3v) is 5.23. The average molecular weight is 421 g/mol. The van der Waals surface area contributed by atoms with Crippen LogP contribution in [0.25, 0.3) is 0 Å². The van der Waals surface area contributed by atoms with Gasteiger partial charge in [-0.25, -0.2) is 0 Å². The summed E-state index contributed by atoms with van der Waals surface area (Å²) in [5.74, 6) is 0.562. The quantitative estimate of drug-likeness (QED) is 0.497.